The highest BCUT2D eigenvalue weighted by atomic mass is 35.5. The molecule has 164 valence electrons. The van der Waals surface area contributed by atoms with E-state index >= 15 is 0 Å². The summed E-state index contributed by atoms with van der Waals surface area (Å²) in [5, 5.41) is 1.21. The van der Waals surface area contributed by atoms with Crippen LogP contribution in [0.3, 0.4) is 0 Å². The third kappa shape index (κ3) is 5.33. The van der Waals surface area contributed by atoms with E-state index in [-0.39, 0.29) is 18.3 Å². The number of ether oxygens (including phenoxy) is 2. The molecular weight excluding hydrogens is 441 g/mol. The standard InChI is InChI=1S/C22H23ClFN3O3S/c1-15-2-7-18(23)21-20(15)25-22(31-21)27(9-8-26-10-12-29-13-11-26)19(28)14-30-17-5-3-16(24)4-6-17/h2-7H,8-14H2,1H3. The van der Waals surface area contributed by atoms with Crippen LogP contribution in [0.15, 0.2) is 36.4 Å². The third-order valence-electron chi connectivity index (χ3n) is 5.14. The summed E-state index contributed by atoms with van der Waals surface area (Å²) in [5.41, 5.74) is 1.81. The zero-order chi connectivity index (χ0) is 21.8. The Bertz CT molecular complexity index is 1020. The Morgan fingerprint density at radius 1 is 1.26 bits per heavy atom. The van der Waals surface area contributed by atoms with Gasteiger partial charge in [-0.25, -0.2) is 9.37 Å². The van der Waals surface area contributed by atoms with Crippen molar-refractivity contribution in [3.05, 3.63) is 52.8 Å². The van der Waals surface area contributed by atoms with E-state index < -0.39 is 0 Å². The van der Waals surface area contributed by atoms with Gasteiger partial charge in [0, 0.05) is 26.2 Å². The first-order valence-electron chi connectivity index (χ1n) is 10.1. The van der Waals surface area contributed by atoms with Gasteiger partial charge in [-0.15, -0.1) is 0 Å². The number of aromatic nitrogens is 1. The lowest BCUT2D eigenvalue weighted by atomic mass is 10.2. The maximum absolute atomic E-state index is 13.1. The number of thiazole rings is 1. The van der Waals surface area contributed by atoms with Crippen LogP contribution in [0.1, 0.15) is 5.56 Å². The summed E-state index contributed by atoms with van der Waals surface area (Å²) in [4.78, 5) is 21.7. The topological polar surface area (TPSA) is 54.9 Å². The average molecular weight is 464 g/mol. The van der Waals surface area contributed by atoms with Gasteiger partial charge in [-0.3, -0.25) is 14.6 Å². The van der Waals surface area contributed by atoms with Crippen molar-refractivity contribution in [1.29, 1.82) is 0 Å². The summed E-state index contributed by atoms with van der Waals surface area (Å²) < 4.78 is 25.0. The van der Waals surface area contributed by atoms with Crippen molar-refractivity contribution in [3.8, 4) is 5.75 Å². The number of aryl methyl sites for hydroxylation is 1. The fraction of sp³-hybridized carbons (Fsp3) is 0.364. The van der Waals surface area contributed by atoms with Crippen LogP contribution in [0.25, 0.3) is 10.2 Å². The third-order valence-corrected chi connectivity index (χ3v) is 6.68. The predicted octanol–water partition coefficient (Wildman–Crippen LogP) is 4.14. The van der Waals surface area contributed by atoms with Crippen LogP contribution in [0.2, 0.25) is 5.02 Å². The largest absolute Gasteiger partial charge is 0.484 e. The van der Waals surface area contributed by atoms with Gasteiger partial charge in [0.2, 0.25) is 0 Å². The van der Waals surface area contributed by atoms with E-state index in [2.05, 4.69) is 4.90 Å². The Labute approximate surface area is 189 Å². The number of hydrogen-bond donors (Lipinski definition) is 0. The second-order valence-electron chi connectivity index (χ2n) is 7.28. The van der Waals surface area contributed by atoms with Crippen LogP contribution < -0.4 is 9.64 Å². The van der Waals surface area contributed by atoms with Crippen LogP contribution in [0, 0.1) is 12.7 Å². The van der Waals surface area contributed by atoms with Gasteiger partial charge in [0.05, 0.1) is 28.5 Å². The smallest absolute Gasteiger partial charge is 0.266 e. The molecule has 4 rings (SSSR count). The first kappa shape index (κ1) is 22.0. The van der Waals surface area contributed by atoms with Gasteiger partial charge in [-0.1, -0.05) is 29.0 Å². The Hall–Kier alpha value is -2.26. The SMILES string of the molecule is Cc1ccc(Cl)c2sc(N(CCN3CCOCC3)C(=O)COc3ccc(F)cc3)nc12. The zero-order valence-electron chi connectivity index (χ0n) is 17.1. The fourth-order valence-electron chi connectivity index (χ4n) is 3.35. The molecule has 2 aromatic carbocycles. The molecule has 9 heteroatoms. The van der Waals surface area contributed by atoms with Crippen molar-refractivity contribution >= 4 is 44.2 Å². The lowest BCUT2D eigenvalue weighted by molar-refractivity contribution is -0.120. The van der Waals surface area contributed by atoms with Gasteiger partial charge >= 0.3 is 0 Å². The van der Waals surface area contributed by atoms with Crippen LogP contribution in [0.4, 0.5) is 9.52 Å². The molecule has 1 aromatic heterocycles. The Morgan fingerprint density at radius 3 is 2.71 bits per heavy atom. The molecule has 0 radical (unpaired) electrons. The van der Waals surface area contributed by atoms with Crippen LogP contribution >= 0.6 is 22.9 Å². The molecule has 1 aliphatic rings. The molecule has 1 saturated heterocycles. The zero-order valence-corrected chi connectivity index (χ0v) is 18.7. The summed E-state index contributed by atoms with van der Waals surface area (Å²) in [6.07, 6.45) is 0. The monoisotopic (exact) mass is 463 g/mol. The molecule has 0 bridgehead atoms. The molecule has 0 aliphatic carbocycles. The van der Waals surface area contributed by atoms with Gasteiger partial charge in [0.1, 0.15) is 11.6 Å². The van der Waals surface area contributed by atoms with E-state index in [1.54, 1.807) is 4.90 Å². The molecule has 1 aliphatic heterocycles. The molecule has 0 spiro atoms. The second-order valence-corrected chi connectivity index (χ2v) is 8.67. The number of benzene rings is 2. The van der Waals surface area contributed by atoms with Crippen molar-refractivity contribution in [2.24, 2.45) is 0 Å². The van der Waals surface area contributed by atoms with Crippen molar-refractivity contribution < 1.29 is 18.7 Å². The molecule has 2 heterocycles. The maximum atomic E-state index is 13.1. The highest BCUT2D eigenvalue weighted by molar-refractivity contribution is 7.23. The predicted molar refractivity (Wildman–Crippen MR) is 121 cm³/mol. The average Bonchev–Trinajstić information content (AvgIpc) is 3.23. The van der Waals surface area contributed by atoms with Crippen molar-refractivity contribution in [2.75, 3.05) is 50.9 Å². The summed E-state index contributed by atoms with van der Waals surface area (Å²) in [6, 6.07) is 9.37. The molecule has 0 saturated carbocycles. The highest BCUT2D eigenvalue weighted by Gasteiger charge is 2.23. The minimum absolute atomic E-state index is 0.169. The number of anilines is 1. The van der Waals surface area contributed by atoms with Gasteiger partial charge in [0.25, 0.3) is 5.91 Å². The van der Waals surface area contributed by atoms with Crippen molar-refractivity contribution in [1.82, 2.24) is 9.88 Å². The van der Waals surface area contributed by atoms with E-state index in [0.29, 0.717) is 42.2 Å². The molecule has 3 aromatic rings. The van der Waals surface area contributed by atoms with E-state index in [1.165, 1.54) is 35.6 Å². The fourth-order valence-corrected chi connectivity index (χ4v) is 4.71. The summed E-state index contributed by atoms with van der Waals surface area (Å²) in [6.45, 7) is 6.03. The maximum Gasteiger partial charge on any atom is 0.266 e. The van der Waals surface area contributed by atoms with Gasteiger partial charge in [-0.2, -0.15) is 0 Å². The van der Waals surface area contributed by atoms with Gasteiger partial charge in [-0.05, 0) is 42.8 Å². The van der Waals surface area contributed by atoms with Crippen molar-refractivity contribution in [3.63, 3.8) is 0 Å². The van der Waals surface area contributed by atoms with E-state index in [4.69, 9.17) is 26.1 Å². The minimum Gasteiger partial charge on any atom is -0.484 e. The normalized spacial score (nSPS) is 14.7. The minimum atomic E-state index is -0.354. The lowest BCUT2D eigenvalue weighted by Crippen LogP contribution is -2.44. The number of carbonyl (C=O) groups is 1. The van der Waals surface area contributed by atoms with E-state index in [9.17, 15) is 9.18 Å². The first-order valence-corrected chi connectivity index (χ1v) is 11.2. The number of rotatable bonds is 7. The van der Waals surface area contributed by atoms with Crippen LogP contribution in [0.5, 0.6) is 5.75 Å². The summed E-state index contributed by atoms with van der Waals surface area (Å²) in [5.74, 6) is -0.135. The number of morpholine rings is 1. The number of halogens is 2. The number of fused-ring (bicyclic) bond motifs is 1. The quantitative estimate of drug-likeness (QED) is 0.527. The Balaban J connectivity index is 1.54. The van der Waals surface area contributed by atoms with Gasteiger partial charge < -0.3 is 9.47 Å². The van der Waals surface area contributed by atoms with E-state index in [1.807, 2.05) is 19.1 Å². The molecular formula is C22H23ClFN3O3S. The molecule has 1 amide bonds. The molecule has 0 unspecified atom stereocenters. The van der Waals surface area contributed by atoms with E-state index in [0.717, 1.165) is 28.9 Å². The second kappa shape index (κ2) is 9.91. The van der Waals surface area contributed by atoms with Crippen molar-refractivity contribution in [2.45, 2.75) is 6.92 Å². The number of hydrogen-bond acceptors (Lipinski definition) is 6. The number of amides is 1. The summed E-state index contributed by atoms with van der Waals surface area (Å²) >= 11 is 7.77. The number of carbonyl (C=O) groups excluding carboxylic acids is 1. The summed E-state index contributed by atoms with van der Waals surface area (Å²) in [7, 11) is 0. The van der Waals surface area contributed by atoms with Crippen LogP contribution in [-0.2, 0) is 9.53 Å². The first-order chi connectivity index (χ1) is 15.0. The molecule has 0 atom stereocenters. The number of nitrogens with zero attached hydrogens (tertiary/aromatic N) is 3. The van der Waals surface area contributed by atoms with Gasteiger partial charge in [0.15, 0.2) is 11.7 Å². The lowest BCUT2D eigenvalue weighted by Gasteiger charge is -2.29. The molecule has 1 fully saturated rings. The molecule has 6 nitrogen and oxygen atoms in total. The van der Waals surface area contributed by atoms with Crippen LogP contribution in [-0.4, -0.2) is 61.8 Å². The molecule has 31 heavy (non-hydrogen) atoms. The Kier molecular flexibility index (Phi) is 7.02. The highest BCUT2D eigenvalue weighted by Crippen LogP contribution is 2.35. The molecule has 0 N–H and O–H groups in total. The Morgan fingerprint density at radius 2 is 2.00 bits per heavy atom.